The molecule has 1 spiro atoms. The number of rotatable bonds is 20. The van der Waals surface area contributed by atoms with E-state index in [0.29, 0.717) is 24.5 Å². The molecule has 0 aliphatic carbocycles. The zero-order valence-corrected chi connectivity index (χ0v) is 78.3. The summed E-state index contributed by atoms with van der Waals surface area (Å²) in [7, 11) is 8.52. The number of aromatic nitrogens is 6. The number of allylic oxidation sites excluding steroid dienone is 1. The van der Waals surface area contributed by atoms with Gasteiger partial charge in [0.05, 0.1) is 36.7 Å². The van der Waals surface area contributed by atoms with Crippen molar-refractivity contribution in [2.45, 2.75) is 150 Å². The molecule has 5 fully saturated rings. The van der Waals surface area contributed by atoms with E-state index in [0.717, 1.165) is 156 Å². The number of carbonyl (C=O) groups is 2. The minimum atomic E-state index is -0.00736. The van der Waals surface area contributed by atoms with Gasteiger partial charge in [0.1, 0.15) is 17.5 Å². The summed E-state index contributed by atoms with van der Waals surface area (Å²) >= 11 is 0. The number of nitrogens with zero attached hydrogens (tertiary/aromatic N) is 18. The van der Waals surface area contributed by atoms with Gasteiger partial charge >= 0.3 is 0 Å². The molecule has 21 nitrogen and oxygen atoms in total. The number of benzene rings is 6. The fraction of sp³-hybridized carbons (Fsp3) is 0.422. The van der Waals surface area contributed by atoms with Crippen molar-refractivity contribution in [1.29, 1.82) is 0 Å². The Hall–Kier alpha value is -10.3. The first kappa shape index (κ1) is 91.4. The fourth-order valence-electron chi connectivity index (χ4n) is 19.9. The zero-order valence-electron chi connectivity index (χ0n) is 75.4. The summed E-state index contributed by atoms with van der Waals surface area (Å²) in [6.07, 6.45) is 25.6. The first-order valence-electron chi connectivity index (χ1n) is 44.3. The molecule has 8 aliphatic heterocycles. The SMILES string of the molecule is C=CC(=O)N1C[C@H](C)N(c2nc(/C=C/C3CCCN3C)nc3c2CCN(c2cccc4cccc(C)c24)C3)C[C@H]1C.C=CC(=O)N1C[C@H](C)N(c2nc(/C=C/CN(C)C)nc3c2CCN(c2cccc4cccc(C)c24)C3)C[C@H]1C.C=C[C-]=O.[CH2-][C@H](C)N(C[CH-]C)c1nc(/C=C/CN2CC3(CN(C)C3)C2)nc2c1CCN(c1cccc3cccc(C)c13)C2.[W]. The van der Waals surface area contributed by atoms with Crippen LogP contribution in [-0.2, 0) is 74.3 Å². The smallest absolute Gasteiger partial charge is 0.246 e. The molecule has 2 amide bonds. The zero-order chi connectivity index (χ0) is 86.9. The summed E-state index contributed by atoms with van der Waals surface area (Å²) in [5.41, 5.74) is 15.4. The number of amides is 2. The minimum Gasteiger partial charge on any atom is -0.419 e. The maximum atomic E-state index is 12.5. The van der Waals surface area contributed by atoms with Crippen molar-refractivity contribution >= 4 is 103 Å². The van der Waals surface area contributed by atoms with Crippen LogP contribution in [0.15, 0.2) is 165 Å². The van der Waals surface area contributed by atoms with E-state index in [1.54, 1.807) is 0 Å². The van der Waals surface area contributed by atoms with Crippen LogP contribution in [0.5, 0.6) is 0 Å². The molecule has 3 aromatic heterocycles. The first-order chi connectivity index (χ1) is 59.4. The quantitative estimate of drug-likeness (QED) is 0.0521. The summed E-state index contributed by atoms with van der Waals surface area (Å²) in [4.78, 5) is 92.6. The van der Waals surface area contributed by atoms with Gasteiger partial charge in [0.2, 0.25) is 11.8 Å². The Morgan fingerprint density at radius 1 is 0.573 bits per heavy atom. The Morgan fingerprint density at radius 2 is 0.992 bits per heavy atom. The molecule has 652 valence electrons. The van der Waals surface area contributed by atoms with Crippen molar-refractivity contribution in [3.8, 4) is 0 Å². The first-order valence-corrected chi connectivity index (χ1v) is 44.3. The third-order valence-corrected chi connectivity index (χ3v) is 25.9. The third-order valence-electron chi connectivity index (χ3n) is 25.9. The van der Waals surface area contributed by atoms with Crippen LogP contribution < -0.4 is 29.4 Å². The van der Waals surface area contributed by atoms with Crippen LogP contribution in [0, 0.1) is 39.5 Å². The van der Waals surface area contributed by atoms with E-state index in [1.165, 1.54) is 140 Å². The Bertz CT molecular complexity index is 5410. The summed E-state index contributed by atoms with van der Waals surface area (Å²) in [6.45, 7) is 50.8. The van der Waals surface area contributed by atoms with Gasteiger partial charge in [0.25, 0.3) is 0 Å². The van der Waals surface area contributed by atoms with Crippen LogP contribution in [0.3, 0.4) is 0 Å². The number of aryl methyl sites for hydroxylation is 3. The fourth-order valence-corrected chi connectivity index (χ4v) is 19.9. The van der Waals surface area contributed by atoms with Crippen LogP contribution in [0.4, 0.5) is 34.5 Å². The Morgan fingerprint density at radius 3 is 1.40 bits per heavy atom. The second-order valence-corrected chi connectivity index (χ2v) is 35.6. The van der Waals surface area contributed by atoms with Crippen molar-refractivity contribution in [3.63, 3.8) is 0 Å². The molecular formula is C102H127N18O3W-3. The molecule has 6 aromatic carbocycles. The largest absolute Gasteiger partial charge is 0.419 e. The van der Waals surface area contributed by atoms with Gasteiger partial charge < -0.3 is 67.1 Å². The molecule has 0 saturated carbocycles. The van der Waals surface area contributed by atoms with Crippen LogP contribution in [0.1, 0.15) is 122 Å². The van der Waals surface area contributed by atoms with Crippen molar-refractivity contribution in [1.82, 2.24) is 59.3 Å². The summed E-state index contributed by atoms with van der Waals surface area (Å²) < 4.78 is 0. The number of hydrogen-bond donors (Lipinski definition) is 0. The van der Waals surface area contributed by atoms with E-state index in [2.05, 4.69) is 312 Å². The van der Waals surface area contributed by atoms with Crippen LogP contribution >= 0.6 is 0 Å². The van der Waals surface area contributed by atoms with Gasteiger partial charge in [-0.3, -0.25) is 19.4 Å². The molecular weight excluding hydrogens is 1710 g/mol. The van der Waals surface area contributed by atoms with E-state index in [4.69, 9.17) is 34.7 Å². The summed E-state index contributed by atoms with van der Waals surface area (Å²) in [5.74, 6) is 5.42. The summed E-state index contributed by atoms with van der Waals surface area (Å²) in [5, 5.41) is 7.81. The maximum Gasteiger partial charge on any atom is 0.246 e. The number of fused-ring (bicyclic) bond motifs is 6. The molecule has 0 radical (unpaired) electrons. The van der Waals surface area contributed by atoms with Gasteiger partial charge in [-0.2, -0.15) is 6.92 Å². The number of hydrogen-bond acceptors (Lipinski definition) is 19. The normalized spacial score (nSPS) is 20.3. The molecule has 11 heterocycles. The number of anilines is 6. The second kappa shape index (κ2) is 40.8. The maximum absolute atomic E-state index is 12.5. The average molecular weight is 1840 g/mol. The molecule has 6 atom stereocenters. The van der Waals surface area contributed by atoms with Crippen molar-refractivity contribution in [3.05, 3.63) is 247 Å². The molecule has 1 unspecified atom stereocenters. The Labute approximate surface area is 751 Å². The predicted molar refractivity (Wildman–Crippen MR) is 508 cm³/mol. The van der Waals surface area contributed by atoms with E-state index < -0.39 is 0 Å². The van der Waals surface area contributed by atoms with E-state index in [-0.39, 0.29) is 63.1 Å². The van der Waals surface area contributed by atoms with Crippen LogP contribution in [0.25, 0.3) is 50.5 Å². The van der Waals surface area contributed by atoms with E-state index in [1.807, 2.05) is 15.9 Å². The molecule has 5 saturated heterocycles. The second-order valence-electron chi connectivity index (χ2n) is 35.6. The van der Waals surface area contributed by atoms with E-state index >= 15 is 0 Å². The number of likely N-dealkylation sites (tertiary alicyclic amines) is 3. The van der Waals surface area contributed by atoms with Gasteiger partial charge in [-0.05, 0) is 203 Å². The molecule has 9 aromatic rings. The standard InChI is InChI=1S/C34H42N6O.C33H42N6.C32H40N6O.C3H3O.W/c1-6-32(41)39-20-25(4)40(21-24(39)3)34-28-17-19-38(30-14-8-12-26-11-7-10-23(2)33(26)30)22-29(28)35-31(36-34)16-15-27-13-9-18-37(27)5;1-6-16-39(24(2)3)32-27-15-18-38(29-13-8-12-26-11-7-10-25(4)31(26)29)19-28(27)34-30(35-32)14-9-17-37-22-33(23-37)20-36(5)21-33;1-7-30(39)37-19-24(4)38(20-23(37)3)32-26-16-18-36(21-27(26)33-29(34-32)15-10-17-35(5)6)28-14-9-13-25-12-8-11-22(2)31(25)28;1-2-3-4;/h6-8,10-12,14-16,24-25,27H,1,9,13,17-22H2,2-5H3;6-14,24H,2,15-23H2,1,3-5H3;7-15,23-24H,1,16-21H2,2-6H3;2H,1H2;/q;-2;;-1;/b16-15+;14-9+;15-10+;;/t24-,25+,27?;24-;23-,24+;;/m111../s1. The van der Waals surface area contributed by atoms with E-state index in [9.17, 15) is 9.59 Å². The Balaban J connectivity index is 0.000000156. The van der Waals surface area contributed by atoms with Crippen LogP contribution in [0.2, 0.25) is 0 Å². The van der Waals surface area contributed by atoms with Gasteiger partial charge in [0.15, 0.2) is 17.5 Å². The van der Waals surface area contributed by atoms with Gasteiger partial charge in [-0.15, -0.1) is 12.6 Å². The molecule has 17 rings (SSSR count). The van der Waals surface area contributed by atoms with Gasteiger partial charge in [-0.1, -0.05) is 129 Å². The van der Waals surface area contributed by atoms with Crippen molar-refractivity contribution in [2.75, 3.05) is 156 Å². The number of carbonyl (C=O) groups excluding carboxylic acids is 3. The molecule has 124 heavy (non-hydrogen) atoms. The van der Waals surface area contributed by atoms with Crippen LogP contribution in [-0.4, -0.2) is 240 Å². The van der Waals surface area contributed by atoms with Gasteiger partial charge in [-0.25, -0.2) is 42.6 Å². The average Bonchev–Trinajstić information content (AvgIpc) is 0.796. The molecule has 0 bridgehead atoms. The number of piperazine rings is 2. The topological polar surface area (TPSA) is 167 Å². The minimum absolute atomic E-state index is 0. The summed E-state index contributed by atoms with van der Waals surface area (Å²) in [6, 6.07) is 40.5. The van der Waals surface area contributed by atoms with Gasteiger partial charge in [0, 0.05) is 192 Å². The Kier molecular flexibility index (Phi) is 30.1. The molecule has 0 N–H and O–H groups in total. The third kappa shape index (κ3) is 20.3. The predicted octanol–water partition coefficient (Wildman–Crippen LogP) is 15.2. The monoisotopic (exact) mass is 1840 g/mol. The van der Waals surface area contributed by atoms with Crippen molar-refractivity contribution < 1.29 is 35.4 Å². The number of likely N-dealkylation sites (N-methyl/N-ethyl adjacent to an activating group) is 2. The van der Waals surface area contributed by atoms with Crippen molar-refractivity contribution in [2.24, 2.45) is 5.41 Å². The molecule has 8 aliphatic rings. The molecule has 22 heteroatoms.